The summed E-state index contributed by atoms with van der Waals surface area (Å²) in [6.45, 7) is 6.36. The molecule has 6 heteroatoms. The van der Waals surface area contributed by atoms with Crippen LogP contribution in [-0.4, -0.2) is 82.1 Å². The molecular weight excluding hydrogens is 262 g/mol. The van der Waals surface area contributed by atoms with E-state index in [0.29, 0.717) is 0 Å². The van der Waals surface area contributed by atoms with Gasteiger partial charge in [-0.3, -0.25) is 4.90 Å². The van der Waals surface area contributed by atoms with Crippen molar-refractivity contribution in [3.63, 3.8) is 0 Å². The molecule has 2 aliphatic rings. The van der Waals surface area contributed by atoms with Crippen LogP contribution in [-0.2, 0) is 9.84 Å². The van der Waals surface area contributed by atoms with Crippen molar-refractivity contribution in [3.8, 4) is 0 Å². The van der Waals surface area contributed by atoms with Gasteiger partial charge in [0.2, 0.25) is 0 Å². The summed E-state index contributed by atoms with van der Waals surface area (Å²) in [7, 11) is -0.825. The van der Waals surface area contributed by atoms with Crippen LogP contribution in [0.2, 0.25) is 0 Å². The minimum Gasteiger partial charge on any atom is -0.314 e. The Balaban J connectivity index is 1.83. The number of nitrogens with zero attached hydrogens (tertiary/aromatic N) is 2. The van der Waals surface area contributed by atoms with Crippen molar-refractivity contribution in [1.29, 1.82) is 0 Å². The molecule has 0 amide bonds. The number of likely N-dealkylation sites (N-methyl/N-ethyl adjacent to an activating group) is 1. The van der Waals surface area contributed by atoms with Gasteiger partial charge in [0, 0.05) is 51.6 Å². The SMILES string of the molecule is CN(CCN1CCNCC1)C1CCCC1S(C)(=O)=O. The van der Waals surface area contributed by atoms with Gasteiger partial charge in [-0.2, -0.15) is 0 Å². The highest BCUT2D eigenvalue weighted by molar-refractivity contribution is 7.91. The summed E-state index contributed by atoms with van der Waals surface area (Å²) in [6.07, 6.45) is 4.29. The molecule has 0 aromatic rings. The maximum Gasteiger partial charge on any atom is 0.151 e. The highest BCUT2D eigenvalue weighted by Crippen LogP contribution is 2.28. The van der Waals surface area contributed by atoms with Crippen molar-refractivity contribution in [2.45, 2.75) is 30.6 Å². The predicted molar refractivity (Wildman–Crippen MR) is 78.2 cm³/mol. The van der Waals surface area contributed by atoms with E-state index < -0.39 is 9.84 Å². The van der Waals surface area contributed by atoms with Crippen LogP contribution in [0.25, 0.3) is 0 Å². The van der Waals surface area contributed by atoms with Crippen molar-refractivity contribution in [1.82, 2.24) is 15.1 Å². The summed E-state index contributed by atoms with van der Waals surface area (Å²) in [5.74, 6) is 0. The molecule has 0 bridgehead atoms. The largest absolute Gasteiger partial charge is 0.314 e. The lowest BCUT2D eigenvalue weighted by molar-refractivity contribution is 0.178. The van der Waals surface area contributed by atoms with E-state index in [1.807, 2.05) is 0 Å². The molecule has 2 rings (SSSR count). The Morgan fingerprint density at radius 2 is 1.95 bits per heavy atom. The average molecular weight is 289 g/mol. The van der Waals surface area contributed by atoms with E-state index in [9.17, 15) is 8.42 Å². The molecule has 5 nitrogen and oxygen atoms in total. The van der Waals surface area contributed by atoms with Crippen molar-refractivity contribution in [2.24, 2.45) is 0 Å². The van der Waals surface area contributed by atoms with E-state index >= 15 is 0 Å². The van der Waals surface area contributed by atoms with Crippen molar-refractivity contribution < 1.29 is 8.42 Å². The smallest absolute Gasteiger partial charge is 0.151 e. The first kappa shape index (κ1) is 15.2. The summed E-state index contributed by atoms with van der Waals surface area (Å²) in [5, 5.41) is 3.20. The van der Waals surface area contributed by atoms with Gasteiger partial charge < -0.3 is 10.2 Å². The van der Waals surface area contributed by atoms with Crippen molar-refractivity contribution in [2.75, 3.05) is 52.6 Å². The van der Waals surface area contributed by atoms with Crippen LogP contribution in [0.15, 0.2) is 0 Å². The van der Waals surface area contributed by atoms with E-state index in [-0.39, 0.29) is 11.3 Å². The first-order valence-electron chi connectivity index (χ1n) is 7.30. The van der Waals surface area contributed by atoms with Crippen LogP contribution in [0.3, 0.4) is 0 Å². The predicted octanol–water partition coefficient (Wildman–Crippen LogP) is -0.211. The standard InChI is InChI=1S/C13H27N3O2S/c1-15(10-11-16-8-6-14-7-9-16)12-4-3-5-13(12)19(2,17)18/h12-14H,3-11H2,1-2H3. The fourth-order valence-electron chi connectivity index (χ4n) is 3.31. The van der Waals surface area contributed by atoms with Gasteiger partial charge >= 0.3 is 0 Å². The second-order valence-electron chi connectivity index (χ2n) is 5.94. The monoisotopic (exact) mass is 289 g/mol. The quantitative estimate of drug-likeness (QED) is 0.759. The fraction of sp³-hybridized carbons (Fsp3) is 1.00. The Labute approximate surface area is 117 Å². The molecule has 1 aliphatic carbocycles. The molecule has 2 atom stereocenters. The third-order valence-corrected chi connectivity index (χ3v) is 6.16. The lowest BCUT2D eigenvalue weighted by Crippen LogP contribution is -2.48. The van der Waals surface area contributed by atoms with Crippen molar-refractivity contribution in [3.05, 3.63) is 0 Å². The molecule has 1 heterocycles. The Kier molecular flexibility index (Phi) is 5.22. The summed E-state index contributed by atoms with van der Waals surface area (Å²) in [4.78, 5) is 4.72. The second-order valence-corrected chi connectivity index (χ2v) is 8.20. The normalized spacial score (nSPS) is 30.1. The molecule has 1 aliphatic heterocycles. The van der Waals surface area contributed by atoms with Gasteiger partial charge in [-0.25, -0.2) is 8.42 Å². The maximum atomic E-state index is 11.8. The third kappa shape index (κ3) is 4.15. The number of piperazine rings is 1. The van der Waals surface area contributed by atoms with Gasteiger partial charge in [0.05, 0.1) is 5.25 Å². The third-order valence-electron chi connectivity index (χ3n) is 4.51. The van der Waals surface area contributed by atoms with E-state index in [0.717, 1.165) is 58.5 Å². The lowest BCUT2D eigenvalue weighted by atomic mass is 10.2. The Morgan fingerprint density at radius 3 is 2.58 bits per heavy atom. The van der Waals surface area contributed by atoms with Gasteiger partial charge in [0.15, 0.2) is 9.84 Å². The Bertz CT molecular complexity index is 379. The molecule has 2 unspecified atom stereocenters. The Hall–Kier alpha value is -0.170. The van der Waals surface area contributed by atoms with Crippen LogP contribution >= 0.6 is 0 Å². The molecule has 2 fully saturated rings. The molecule has 0 radical (unpaired) electrons. The molecule has 1 N–H and O–H groups in total. The molecule has 1 saturated carbocycles. The first-order valence-corrected chi connectivity index (χ1v) is 9.26. The van der Waals surface area contributed by atoms with E-state index in [4.69, 9.17) is 0 Å². The topological polar surface area (TPSA) is 52.6 Å². The molecule has 112 valence electrons. The van der Waals surface area contributed by atoms with E-state index in [1.54, 1.807) is 0 Å². The molecule has 0 aromatic heterocycles. The maximum absolute atomic E-state index is 11.8. The lowest BCUT2D eigenvalue weighted by Gasteiger charge is -2.33. The molecule has 0 spiro atoms. The number of hydrogen-bond acceptors (Lipinski definition) is 5. The van der Waals surface area contributed by atoms with Gasteiger partial charge in [-0.1, -0.05) is 6.42 Å². The number of rotatable bonds is 5. The second kappa shape index (κ2) is 6.52. The Morgan fingerprint density at radius 1 is 1.26 bits per heavy atom. The van der Waals surface area contributed by atoms with Crippen LogP contribution in [0.1, 0.15) is 19.3 Å². The highest BCUT2D eigenvalue weighted by atomic mass is 32.2. The van der Waals surface area contributed by atoms with Gasteiger partial charge in [0.1, 0.15) is 0 Å². The summed E-state index contributed by atoms with van der Waals surface area (Å²) in [5.41, 5.74) is 0. The zero-order valence-electron chi connectivity index (χ0n) is 12.1. The zero-order chi connectivity index (χ0) is 13.9. The minimum atomic E-state index is -2.91. The van der Waals surface area contributed by atoms with Gasteiger partial charge in [-0.15, -0.1) is 0 Å². The molecule has 19 heavy (non-hydrogen) atoms. The molecule has 0 aromatic carbocycles. The van der Waals surface area contributed by atoms with Crippen LogP contribution in [0, 0.1) is 0 Å². The van der Waals surface area contributed by atoms with Crippen LogP contribution in [0.5, 0.6) is 0 Å². The minimum absolute atomic E-state index is 0.152. The number of sulfone groups is 1. The summed E-state index contributed by atoms with van der Waals surface area (Å²) >= 11 is 0. The van der Waals surface area contributed by atoms with Crippen LogP contribution in [0.4, 0.5) is 0 Å². The highest BCUT2D eigenvalue weighted by Gasteiger charge is 2.36. The average Bonchev–Trinajstić information content (AvgIpc) is 2.86. The fourth-order valence-corrected chi connectivity index (χ4v) is 4.82. The van der Waals surface area contributed by atoms with Crippen molar-refractivity contribution >= 4 is 9.84 Å². The summed E-state index contributed by atoms with van der Waals surface area (Å²) in [6, 6.07) is 0.220. The number of nitrogens with one attached hydrogen (secondary N) is 1. The van der Waals surface area contributed by atoms with Gasteiger partial charge in [-0.05, 0) is 19.9 Å². The molecule has 1 saturated heterocycles. The first-order chi connectivity index (χ1) is 8.98. The van der Waals surface area contributed by atoms with Gasteiger partial charge in [0.25, 0.3) is 0 Å². The van der Waals surface area contributed by atoms with Crippen LogP contribution < -0.4 is 5.32 Å². The number of hydrogen-bond donors (Lipinski definition) is 1. The zero-order valence-corrected chi connectivity index (χ0v) is 13.0. The van der Waals surface area contributed by atoms with E-state index in [2.05, 4.69) is 22.2 Å². The molecular formula is C13H27N3O2S. The summed E-state index contributed by atoms with van der Waals surface area (Å²) < 4.78 is 23.6. The van der Waals surface area contributed by atoms with E-state index in [1.165, 1.54) is 6.26 Å².